The molecule has 0 saturated carbocycles. The normalized spacial score (nSPS) is 22.6. The van der Waals surface area contributed by atoms with Crippen LogP contribution >= 0.6 is 0 Å². The number of hydrogen-bond acceptors (Lipinski definition) is 3. The van der Waals surface area contributed by atoms with Crippen molar-refractivity contribution in [2.24, 2.45) is 0 Å². The minimum atomic E-state index is -0.955. The van der Waals surface area contributed by atoms with Crippen molar-refractivity contribution in [2.75, 3.05) is 26.7 Å². The summed E-state index contributed by atoms with van der Waals surface area (Å²) in [5, 5.41) is 1.08. The number of piperazine rings is 1. The highest BCUT2D eigenvalue weighted by Crippen LogP contribution is 2.42. The number of unbranched alkanes of at least 4 members (excludes halogenated alkanes) is 1. The molecule has 1 atom stereocenters. The van der Waals surface area contributed by atoms with Gasteiger partial charge in [-0.25, -0.2) is 0 Å². The van der Waals surface area contributed by atoms with Gasteiger partial charge in [0.15, 0.2) is 5.54 Å². The molecular weight excluding hydrogens is 330 g/mol. The van der Waals surface area contributed by atoms with Crippen LogP contribution in [-0.4, -0.2) is 53.3 Å². The average Bonchev–Trinajstić information content (AvgIpc) is 3.02. The molecule has 2 aromatic rings. The molecule has 2 aliphatic heterocycles. The average molecular weight is 355 g/mol. The first-order valence-electron chi connectivity index (χ1n) is 9.29. The summed E-state index contributed by atoms with van der Waals surface area (Å²) in [7, 11) is 1.65. The van der Waals surface area contributed by atoms with Crippen LogP contribution in [-0.2, 0) is 21.5 Å². The Kier molecular flexibility index (Phi) is 3.93. The number of fused-ring (bicyclic) bond motifs is 5. The van der Waals surface area contributed by atoms with Crippen molar-refractivity contribution < 1.29 is 14.3 Å². The summed E-state index contributed by atoms with van der Waals surface area (Å²) < 4.78 is 5.36. The third kappa shape index (κ3) is 2.24. The maximum absolute atomic E-state index is 13.4. The number of nitrogens with one attached hydrogen (secondary N) is 1. The van der Waals surface area contributed by atoms with Gasteiger partial charge in [-0.2, -0.15) is 0 Å². The number of rotatable bonds is 4. The third-order valence-corrected chi connectivity index (χ3v) is 5.84. The van der Waals surface area contributed by atoms with Gasteiger partial charge in [-0.1, -0.05) is 13.3 Å². The Morgan fingerprint density at radius 2 is 2.12 bits per heavy atom. The standard InChI is InChI=1S/C20H25N3O3/c1-4-5-9-22-12-17(24)23-10-8-14-15-11-13(26-3)6-7-16(15)21-18(14)20(23,2)19(22)25/h6-7,11,21H,4-5,8-10,12H2,1-3H3/t20-/m1/s1. The second kappa shape index (κ2) is 6.04. The number of carbonyl (C=O) groups is 2. The van der Waals surface area contributed by atoms with E-state index in [1.54, 1.807) is 16.9 Å². The Hall–Kier alpha value is -2.50. The summed E-state index contributed by atoms with van der Waals surface area (Å²) >= 11 is 0. The van der Waals surface area contributed by atoms with Crippen molar-refractivity contribution in [3.8, 4) is 5.75 Å². The Balaban J connectivity index is 1.84. The van der Waals surface area contributed by atoms with Gasteiger partial charge in [0, 0.05) is 24.0 Å². The van der Waals surface area contributed by atoms with E-state index in [9.17, 15) is 9.59 Å². The molecule has 0 spiro atoms. The maximum Gasteiger partial charge on any atom is 0.254 e. The van der Waals surface area contributed by atoms with Crippen molar-refractivity contribution in [3.63, 3.8) is 0 Å². The van der Waals surface area contributed by atoms with Gasteiger partial charge in [0.25, 0.3) is 5.91 Å². The molecule has 6 nitrogen and oxygen atoms in total. The Bertz CT molecular complexity index is 888. The molecule has 0 aliphatic carbocycles. The molecule has 2 amide bonds. The van der Waals surface area contributed by atoms with Crippen molar-refractivity contribution >= 4 is 22.7 Å². The van der Waals surface area contributed by atoms with E-state index in [0.717, 1.165) is 47.2 Å². The number of methoxy groups -OCH3 is 1. The zero-order chi connectivity index (χ0) is 18.5. The molecule has 0 bridgehead atoms. The van der Waals surface area contributed by atoms with Crippen LogP contribution < -0.4 is 4.74 Å². The zero-order valence-electron chi connectivity index (χ0n) is 15.6. The van der Waals surface area contributed by atoms with Crippen LogP contribution in [0, 0.1) is 0 Å². The van der Waals surface area contributed by atoms with Gasteiger partial charge >= 0.3 is 0 Å². The number of H-pyrrole nitrogens is 1. The number of ether oxygens (including phenoxy) is 1. The molecule has 4 rings (SSSR count). The van der Waals surface area contributed by atoms with Gasteiger partial charge in [-0.15, -0.1) is 0 Å². The molecule has 1 saturated heterocycles. The summed E-state index contributed by atoms with van der Waals surface area (Å²) in [5.74, 6) is 0.845. The molecule has 6 heteroatoms. The Morgan fingerprint density at radius 1 is 1.31 bits per heavy atom. The number of hydrogen-bond donors (Lipinski definition) is 1. The fourth-order valence-electron chi connectivity index (χ4n) is 4.37. The van der Waals surface area contributed by atoms with Crippen LogP contribution in [0.3, 0.4) is 0 Å². The lowest BCUT2D eigenvalue weighted by Crippen LogP contribution is -2.66. The van der Waals surface area contributed by atoms with Crippen LogP contribution in [0.5, 0.6) is 5.75 Å². The lowest BCUT2D eigenvalue weighted by atomic mass is 9.83. The first kappa shape index (κ1) is 16.9. The molecular formula is C20H25N3O3. The first-order valence-corrected chi connectivity index (χ1v) is 9.29. The van der Waals surface area contributed by atoms with Crippen LogP contribution in [0.1, 0.15) is 37.9 Å². The monoisotopic (exact) mass is 355 g/mol. The lowest BCUT2D eigenvalue weighted by molar-refractivity contribution is -0.166. The summed E-state index contributed by atoms with van der Waals surface area (Å²) in [5.41, 5.74) is 2.00. The van der Waals surface area contributed by atoms with Crippen LogP contribution in [0.4, 0.5) is 0 Å². The molecule has 0 radical (unpaired) electrons. The summed E-state index contributed by atoms with van der Waals surface area (Å²) in [6.45, 7) is 5.37. The van der Waals surface area contributed by atoms with E-state index < -0.39 is 5.54 Å². The Labute approximate surface area is 153 Å². The predicted molar refractivity (Wildman–Crippen MR) is 99.1 cm³/mol. The summed E-state index contributed by atoms with van der Waals surface area (Å²) in [6, 6.07) is 5.89. The van der Waals surface area contributed by atoms with E-state index in [2.05, 4.69) is 11.9 Å². The molecule has 0 unspecified atom stereocenters. The highest BCUT2D eigenvalue weighted by molar-refractivity contribution is 6.00. The van der Waals surface area contributed by atoms with E-state index >= 15 is 0 Å². The van der Waals surface area contributed by atoms with Crippen molar-refractivity contribution in [3.05, 3.63) is 29.5 Å². The fourth-order valence-corrected chi connectivity index (χ4v) is 4.37. The van der Waals surface area contributed by atoms with Crippen LogP contribution in [0.15, 0.2) is 18.2 Å². The van der Waals surface area contributed by atoms with Gasteiger partial charge in [0.2, 0.25) is 5.91 Å². The van der Waals surface area contributed by atoms with Crippen LogP contribution in [0.25, 0.3) is 10.9 Å². The minimum absolute atomic E-state index is 0.0185. The van der Waals surface area contributed by atoms with Crippen molar-refractivity contribution in [1.29, 1.82) is 0 Å². The lowest BCUT2D eigenvalue weighted by Gasteiger charge is -2.49. The molecule has 1 N–H and O–H groups in total. The number of aromatic amines is 1. The minimum Gasteiger partial charge on any atom is -0.497 e. The van der Waals surface area contributed by atoms with E-state index in [-0.39, 0.29) is 18.4 Å². The van der Waals surface area contributed by atoms with E-state index in [1.807, 2.05) is 25.1 Å². The van der Waals surface area contributed by atoms with Crippen molar-refractivity contribution in [1.82, 2.24) is 14.8 Å². The summed E-state index contributed by atoms with van der Waals surface area (Å²) in [4.78, 5) is 33.1. The zero-order valence-corrected chi connectivity index (χ0v) is 15.6. The second-order valence-electron chi connectivity index (χ2n) is 7.34. The number of amides is 2. The van der Waals surface area contributed by atoms with E-state index in [0.29, 0.717) is 13.1 Å². The smallest absolute Gasteiger partial charge is 0.254 e. The number of carbonyl (C=O) groups excluding carboxylic acids is 2. The highest BCUT2D eigenvalue weighted by atomic mass is 16.5. The molecule has 1 aromatic carbocycles. The van der Waals surface area contributed by atoms with Gasteiger partial charge in [0.05, 0.1) is 19.3 Å². The number of benzene rings is 1. The molecule has 3 heterocycles. The SMILES string of the molecule is CCCCN1CC(=O)N2CCc3c([nH]c4ccc(OC)cc34)[C@]2(C)C1=O. The van der Waals surface area contributed by atoms with Gasteiger partial charge in [-0.3, -0.25) is 9.59 Å². The van der Waals surface area contributed by atoms with E-state index in [4.69, 9.17) is 4.74 Å². The number of aromatic nitrogens is 1. The van der Waals surface area contributed by atoms with Crippen molar-refractivity contribution in [2.45, 2.75) is 38.6 Å². The largest absolute Gasteiger partial charge is 0.497 e. The van der Waals surface area contributed by atoms with E-state index in [1.165, 1.54) is 0 Å². The second-order valence-corrected chi connectivity index (χ2v) is 7.34. The molecule has 26 heavy (non-hydrogen) atoms. The van der Waals surface area contributed by atoms with Gasteiger partial charge in [0.1, 0.15) is 5.75 Å². The fraction of sp³-hybridized carbons (Fsp3) is 0.500. The molecule has 138 valence electrons. The Morgan fingerprint density at radius 3 is 2.85 bits per heavy atom. The van der Waals surface area contributed by atoms with Gasteiger partial charge in [-0.05, 0) is 43.5 Å². The molecule has 1 fully saturated rings. The topological polar surface area (TPSA) is 65.6 Å². The first-order chi connectivity index (χ1) is 12.5. The number of nitrogens with zero attached hydrogens (tertiary/aromatic N) is 2. The van der Waals surface area contributed by atoms with Gasteiger partial charge < -0.3 is 19.5 Å². The molecule has 2 aliphatic rings. The quantitative estimate of drug-likeness (QED) is 0.916. The summed E-state index contributed by atoms with van der Waals surface area (Å²) in [6.07, 6.45) is 2.65. The maximum atomic E-state index is 13.4. The predicted octanol–water partition coefficient (Wildman–Crippen LogP) is 2.42. The van der Waals surface area contributed by atoms with Crippen LogP contribution in [0.2, 0.25) is 0 Å². The molecule has 1 aromatic heterocycles. The third-order valence-electron chi connectivity index (χ3n) is 5.84. The highest BCUT2D eigenvalue weighted by Gasteiger charge is 2.53.